The molecule has 0 spiro atoms. The highest BCUT2D eigenvalue weighted by Gasteiger charge is 2.32. The molecular weight excluding hydrogens is 305 g/mol. The molecule has 7 heteroatoms. The summed E-state index contributed by atoms with van der Waals surface area (Å²) >= 11 is 3.21. The van der Waals surface area contributed by atoms with Gasteiger partial charge >= 0.3 is 6.36 Å². The van der Waals surface area contributed by atoms with Gasteiger partial charge in [-0.2, -0.15) is 0 Å². The number of fused-ring (bicyclic) bond motifs is 1. The standard InChI is InChI=1S/C10H8BrF3O3/c11-4-7-5-15-8-2-1-6(3-9(8)16-7)17-10(12,13)14/h1-3,7H,4-5H2. The van der Waals surface area contributed by atoms with Gasteiger partial charge in [-0.1, -0.05) is 15.9 Å². The SMILES string of the molecule is FC(F)(F)Oc1ccc2c(c1)OC(CBr)CO2. The zero-order valence-electron chi connectivity index (χ0n) is 8.46. The fourth-order valence-corrected chi connectivity index (χ4v) is 1.69. The van der Waals surface area contributed by atoms with Crippen molar-refractivity contribution in [3.8, 4) is 17.2 Å². The Morgan fingerprint density at radius 2 is 2.12 bits per heavy atom. The molecular formula is C10H8BrF3O3. The highest BCUT2D eigenvalue weighted by molar-refractivity contribution is 9.09. The maximum Gasteiger partial charge on any atom is 0.573 e. The number of alkyl halides is 4. The molecule has 1 aliphatic rings. The average Bonchev–Trinajstić information content (AvgIpc) is 2.26. The minimum absolute atomic E-state index is 0.219. The van der Waals surface area contributed by atoms with E-state index in [1.807, 2.05) is 0 Å². The summed E-state index contributed by atoms with van der Waals surface area (Å²) in [6.07, 6.45) is -4.93. The lowest BCUT2D eigenvalue weighted by molar-refractivity contribution is -0.274. The van der Waals surface area contributed by atoms with Gasteiger partial charge in [0, 0.05) is 11.4 Å². The van der Waals surface area contributed by atoms with Crippen LogP contribution in [0.15, 0.2) is 18.2 Å². The first-order valence-corrected chi connectivity index (χ1v) is 5.85. The second-order valence-corrected chi connectivity index (χ2v) is 4.01. The molecule has 1 heterocycles. The lowest BCUT2D eigenvalue weighted by Gasteiger charge is -2.25. The Morgan fingerprint density at radius 1 is 1.35 bits per heavy atom. The first kappa shape index (κ1) is 12.3. The largest absolute Gasteiger partial charge is 0.573 e. The van der Waals surface area contributed by atoms with Crippen LogP contribution in [0.1, 0.15) is 0 Å². The third kappa shape index (κ3) is 3.18. The van der Waals surface area contributed by atoms with Crippen molar-refractivity contribution >= 4 is 15.9 Å². The van der Waals surface area contributed by atoms with Crippen molar-refractivity contribution in [3.05, 3.63) is 18.2 Å². The van der Waals surface area contributed by atoms with Gasteiger partial charge in [0.2, 0.25) is 0 Å². The molecule has 1 atom stereocenters. The Morgan fingerprint density at radius 3 is 2.76 bits per heavy atom. The number of ether oxygens (including phenoxy) is 3. The first-order chi connectivity index (χ1) is 7.98. The van der Waals surface area contributed by atoms with Crippen LogP contribution in [0, 0.1) is 0 Å². The second kappa shape index (κ2) is 4.64. The molecule has 94 valence electrons. The van der Waals surface area contributed by atoms with Crippen LogP contribution in [-0.4, -0.2) is 24.4 Å². The van der Waals surface area contributed by atoms with Crippen LogP contribution in [0.25, 0.3) is 0 Å². The maximum atomic E-state index is 12.0. The Balaban J connectivity index is 2.18. The fraction of sp³-hybridized carbons (Fsp3) is 0.400. The number of rotatable bonds is 2. The molecule has 0 aromatic heterocycles. The highest BCUT2D eigenvalue weighted by atomic mass is 79.9. The van der Waals surface area contributed by atoms with E-state index in [0.29, 0.717) is 17.7 Å². The van der Waals surface area contributed by atoms with Gasteiger partial charge in [0.15, 0.2) is 11.5 Å². The quantitative estimate of drug-likeness (QED) is 0.785. The van der Waals surface area contributed by atoms with Crippen LogP contribution >= 0.6 is 15.9 Å². The van der Waals surface area contributed by atoms with Gasteiger partial charge in [0.1, 0.15) is 18.5 Å². The average molecular weight is 313 g/mol. The van der Waals surface area contributed by atoms with Gasteiger partial charge in [-0.3, -0.25) is 0 Å². The van der Waals surface area contributed by atoms with E-state index in [9.17, 15) is 13.2 Å². The van der Waals surface area contributed by atoms with Gasteiger partial charge < -0.3 is 14.2 Å². The van der Waals surface area contributed by atoms with Crippen molar-refractivity contribution in [2.24, 2.45) is 0 Å². The van der Waals surface area contributed by atoms with Crippen LogP contribution in [0.5, 0.6) is 17.2 Å². The molecule has 3 nitrogen and oxygen atoms in total. The van der Waals surface area contributed by atoms with E-state index in [1.165, 1.54) is 12.1 Å². The predicted octanol–water partition coefficient (Wildman–Crippen LogP) is 3.12. The first-order valence-electron chi connectivity index (χ1n) is 4.73. The van der Waals surface area contributed by atoms with E-state index < -0.39 is 6.36 Å². The van der Waals surface area contributed by atoms with E-state index in [2.05, 4.69) is 20.7 Å². The van der Waals surface area contributed by atoms with Gasteiger partial charge in [-0.15, -0.1) is 13.2 Å². The summed E-state index contributed by atoms with van der Waals surface area (Å²) in [6.45, 7) is 0.359. The summed E-state index contributed by atoms with van der Waals surface area (Å²) in [5.41, 5.74) is 0. The van der Waals surface area contributed by atoms with Crippen molar-refractivity contribution in [3.63, 3.8) is 0 Å². The van der Waals surface area contributed by atoms with Crippen molar-refractivity contribution in [2.75, 3.05) is 11.9 Å². The van der Waals surface area contributed by atoms with Crippen LogP contribution in [0.4, 0.5) is 13.2 Å². The van der Waals surface area contributed by atoms with E-state index in [4.69, 9.17) is 9.47 Å². The Bertz CT molecular complexity index is 408. The second-order valence-electron chi connectivity index (χ2n) is 3.36. The zero-order valence-corrected chi connectivity index (χ0v) is 10.0. The molecule has 1 aliphatic heterocycles. The maximum absolute atomic E-state index is 12.0. The molecule has 0 saturated heterocycles. The minimum atomic E-state index is -4.71. The molecule has 17 heavy (non-hydrogen) atoms. The van der Waals surface area contributed by atoms with Gasteiger partial charge in [0.25, 0.3) is 0 Å². The summed E-state index contributed by atoms with van der Waals surface area (Å²) < 4.78 is 50.6. The summed E-state index contributed by atoms with van der Waals surface area (Å²) in [5.74, 6) is 0.342. The van der Waals surface area contributed by atoms with E-state index in [-0.39, 0.29) is 17.6 Å². The Labute approximate surface area is 104 Å². The Kier molecular flexibility index (Phi) is 3.37. The molecule has 0 N–H and O–H groups in total. The predicted molar refractivity (Wildman–Crippen MR) is 56.8 cm³/mol. The van der Waals surface area contributed by atoms with Crippen molar-refractivity contribution in [1.82, 2.24) is 0 Å². The fourth-order valence-electron chi connectivity index (χ4n) is 1.37. The van der Waals surface area contributed by atoms with E-state index in [0.717, 1.165) is 6.07 Å². The molecule has 1 unspecified atom stereocenters. The molecule has 0 bridgehead atoms. The number of benzene rings is 1. The molecule has 0 amide bonds. The van der Waals surface area contributed by atoms with Gasteiger partial charge in [-0.25, -0.2) is 0 Å². The number of hydrogen-bond donors (Lipinski definition) is 0. The third-order valence-corrected chi connectivity index (χ3v) is 2.76. The lowest BCUT2D eigenvalue weighted by atomic mass is 10.2. The van der Waals surface area contributed by atoms with Gasteiger partial charge in [-0.05, 0) is 12.1 Å². The third-order valence-electron chi connectivity index (χ3n) is 2.04. The highest BCUT2D eigenvalue weighted by Crippen LogP contribution is 2.36. The molecule has 2 rings (SSSR count). The van der Waals surface area contributed by atoms with Crippen molar-refractivity contribution in [1.29, 1.82) is 0 Å². The zero-order chi connectivity index (χ0) is 12.5. The molecule has 0 radical (unpaired) electrons. The van der Waals surface area contributed by atoms with Crippen LogP contribution in [0.2, 0.25) is 0 Å². The van der Waals surface area contributed by atoms with E-state index >= 15 is 0 Å². The Hall–Kier alpha value is -1.11. The molecule has 1 aromatic carbocycles. The lowest BCUT2D eigenvalue weighted by Crippen LogP contribution is -2.30. The van der Waals surface area contributed by atoms with Crippen molar-refractivity contribution in [2.45, 2.75) is 12.5 Å². The minimum Gasteiger partial charge on any atom is -0.486 e. The van der Waals surface area contributed by atoms with E-state index in [1.54, 1.807) is 0 Å². The molecule has 0 saturated carbocycles. The normalized spacial score (nSPS) is 18.9. The summed E-state index contributed by atoms with van der Waals surface area (Å²) in [7, 11) is 0. The molecule has 1 aromatic rings. The summed E-state index contributed by atoms with van der Waals surface area (Å²) in [5, 5.41) is 0.538. The number of halogens is 4. The summed E-state index contributed by atoms with van der Waals surface area (Å²) in [4.78, 5) is 0. The summed E-state index contributed by atoms with van der Waals surface area (Å²) in [6, 6.07) is 3.74. The molecule has 0 aliphatic carbocycles. The van der Waals surface area contributed by atoms with Crippen LogP contribution in [-0.2, 0) is 0 Å². The number of hydrogen-bond acceptors (Lipinski definition) is 3. The van der Waals surface area contributed by atoms with Crippen LogP contribution in [0.3, 0.4) is 0 Å². The van der Waals surface area contributed by atoms with Gasteiger partial charge in [0.05, 0.1) is 0 Å². The van der Waals surface area contributed by atoms with Crippen molar-refractivity contribution < 1.29 is 27.4 Å². The topological polar surface area (TPSA) is 27.7 Å². The van der Waals surface area contributed by atoms with Crippen LogP contribution < -0.4 is 14.2 Å². The smallest absolute Gasteiger partial charge is 0.486 e. The molecule has 0 fully saturated rings. The monoisotopic (exact) mass is 312 g/mol.